The van der Waals surface area contributed by atoms with Gasteiger partial charge >= 0.3 is 5.97 Å². The fourth-order valence-electron chi connectivity index (χ4n) is 3.31. The largest absolute Gasteiger partial charge is 0.453 e. The maximum atomic E-state index is 12.5. The molecule has 1 aliphatic rings. The van der Waals surface area contributed by atoms with Gasteiger partial charge in [0.1, 0.15) is 0 Å². The number of nitrogens with zero attached hydrogens (tertiary/aromatic N) is 4. The van der Waals surface area contributed by atoms with Crippen LogP contribution >= 0.6 is 0 Å². The van der Waals surface area contributed by atoms with Crippen LogP contribution in [-0.4, -0.2) is 44.4 Å². The predicted octanol–water partition coefficient (Wildman–Crippen LogP) is 3.12. The number of fused-ring (bicyclic) bond motifs is 1. The van der Waals surface area contributed by atoms with Crippen molar-refractivity contribution in [3.8, 4) is 11.4 Å². The number of carbonyl (C=O) groups excluding carboxylic acids is 3. The Kier molecular flexibility index (Phi) is 5.57. The van der Waals surface area contributed by atoms with Crippen molar-refractivity contribution in [3.05, 3.63) is 65.3 Å². The molecule has 0 saturated heterocycles. The lowest BCUT2D eigenvalue weighted by Crippen LogP contribution is -2.31. The summed E-state index contributed by atoms with van der Waals surface area (Å²) < 4.78 is 10.5. The zero-order valence-corrected chi connectivity index (χ0v) is 17.1. The molecule has 0 aliphatic carbocycles. The molecule has 3 aromatic rings. The highest BCUT2D eigenvalue weighted by Crippen LogP contribution is 2.24. The molecule has 0 fully saturated rings. The van der Waals surface area contributed by atoms with Crippen LogP contribution in [0, 0.1) is 6.92 Å². The normalized spacial score (nSPS) is 13.9. The molecule has 1 unspecified atom stereocenters. The van der Waals surface area contributed by atoms with Gasteiger partial charge in [0.25, 0.3) is 17.7 Å². The minimum Gasteiger partial charge on any atom is -0.453 e. The number of carbonyl (C=O) groups is 3. The number of aryl methyl sites for hydroxylation is 1. The summed E-state index contributed by atoms with van der Waals surface area (Å²) in [4.78, 5) is 46.5. The van der Waals surface area contributed by atoms with Crippen molar-refractivity contribution in [2.75, 3.05) is 6.54 Å². The van der Waals surface area contributed by atoms with E-state index >= 15 is 0 Å². The highest BCUT2D eigenvalue weighted by molar-refractivity contribution is 6.21. The highest BCUT2D eigenvalue weighted by Gasteiger charge is 2.35. The van der Waals surface area contributed by atoms with Crippen LogP contribution in [0.1, 0.15) is 58.0 Å². The molecule has 0 bridgehead atoms. The van der Waals surface area contributed by atoms with E-state index < -0.39 is 12.1 Å². The van der Waals surface area contributed by atoms with Crippen molar-refractivity contribution < 1.29 is 23.6 Å². The number of rotatable bonds is 7. The summed E-state index contributed by atoms with van der Waals surface area (Å²) in [5.74, 6) is -0.634. The van der Waals surface area contributed by atoms with Gasteiger partial charge < -0.3 is 9.26 Å². The quantitative estimate of drug-likeness (QED) is 0.423. The first-order chi connectivity index (χ1) is 14.9. The van der Waals surface area contributed by atoms with Gasteiger partial charge in [0.05, 0.1) is 11.1 Å². The average Bonchev–Trinajstić information content (AvgIpc) is 3.34. The fourth-order valence-corrected chi connectivity index (χ4v) is 3.31. The van der Waals surface area contributed by atoms with Crippen LogP contribution < -0.4 is 0 Å². The molecule has 3 heterocycles. The second kappa shape index (κ2) is 8.47. The number of ether oxygens (including phenoxy) is 1. The van der Waals surface area contributed by atoms with E-state index in [4.69, 9.17) is 9.26 Å². The van der Waals surface area contributed by atoms with Crippen LogP contribution in [0.5, 0.6) is 0 Å². The van der Waals surface area contributed by atoms with Crippen molar-refractivity contribution >= 4 is 17.8 Å². The Balaban J connectivity index is 1.29. The fraction of sp³-hybridized carbons (Fsp3) is 0.273. The molecule has 31 heavy (non-hydrogen) atoms. The molecule has 1 atom stereocenters. The van der Waals surface area contributed by atoms with Crippen LogP contribution in [0.2, 0.25) is 0 Å². The van der Waals surface area contributed by atoms with Crippen molar-refractivity contribution in [1.29, 1.82) is 0 Å². The Morgan fingerprint density at radius 1 is 1.19 bits per heavy atom. The second-order valence-corrected chi connectivity index (χ2v) is 7.24. The first-order valence-corrected chi connectivity index (χ1v) is 9.84. The van der Waals surface area contributed by atoms with Crippen LogP contribution in [0.15, 0.2) is 47.2 Å². The van der Waals surface area contributed by atoms with E-state index in [0.717, 1.165) is 5.56 Å². The summed E-state index contributed by atoms with van der Waals surface area (Å²) in [6, 6.07) is 8.70. The zero-order chi connectivity index (χ0) is 22.0. The van der Waals surface area contributed by atoms with Crippen molar-refractivity contribution in [1.82, 2.24) is 20.0 Å². The van der Waals surface area contributed by atoms with Crippen LogP contribution in [0.25, 0.3) is 11.4 Å². The molecular formula is C22H20N4O5. The van der Waals surface area contributed by atoms with Gasteiger partial charge in [-0.25, -0.2) is 0 Å². The molecular weight excluding hydrogens is 400 g/mol. The standard InChI is InChI=1S/C22H20N4O5/c1-13-7-8-16-17(11-13)22(29)26(21(16)28)10-4-6-18(27)30-14(2)20-24-19(25-31-20)15-5-3-9-23-12-15/h3,5,7-9,11-12,14H,4,6,10H2,1-2H3. The minimum atomic E-state index is -0.729. The molecule has 0 saturated carbocycles. The SMILES string of the molecule is Cc1ccc2c(c1)C(=O)N(CCCC(=O)OC(C)c1nc(-c3cccnc3)no1)C2=O. The summed E-state index contributed by atoms with van der Waals surface area (Å²) in [6.45, 7) is 3.63. The van der Waals surface area contributed by atoms with Crippen LogP contribution in [0.4, 0.5) is 0 Å². The molecule has 158 valence electrons. The third-order valence-electron chi connectivity index (χ3n) is 4.91. The predicted molar refractivity (Wildman–Crippen MR) is 108 cm³/mol. The molecule has 0 radical (unpaired) electrons. The minimum absolute atomic E-state index is 0.0420. The van der Waals surface area contributed by atoms with E-state index in [0.29, 0.717) is 28.9 Å². The molecule has 2 aromatic heterocycles. The molecule has 1 aromatic carbocycles. The van der Waals surface area contributed by atoms with E-state index in [1.807, 2.05) is 6.92 Å². The number of amides is 2. The van der Waals surface area contributed by atoms with Crippen molar-refractivity contribution in [2.24, 2.45) is 0 Å². The molecule has 0 spiro atoms. The molecule has 4 rings (SSSR count). The summed E-state index contributed by atoms with van der Waals surface area (Å²) >= 11 is 0. The lowest BCUT2D eigenvalue weighted by Gasteiger charge is -2.14. The van der Waals surface area contributed by atoms with E-state index in [1.54, 1.807) is 49.6 Å². The van der Waals surface area contributed by atoms with Gasteiger partial charge in [-0.3, -0.25) is 24.3 Å². The highest BCUT2D eigenvalue weighted by atomic mass is 16.6. The monoisotopic (exact) mass is 420 g/mol. The summed E-state index contributed by atoms with van der Waals surface area (Å²) in [5.41, 5.74) is 2.40. The van der Waals surface area contributed by atoms with E-state index in [2.05, 4.69) is 15.1 Å². The van der Waals surface area contributed by atoms with E-state index in [-0.39, 0.29) is 30.7 Å². The van der Waals surface area contributed by atoms with Crippen LogP contribution in [-0.2, 0) is 9.53 Å². The lowest BCUT2D eigenvalue weighted by atomic mass is 10.1. The van der Waals surface area contributed by atoms with Gasteiger partial charge in [-0.15, -0.1) is 0 Å². The Morgan fingerprint density at radius 3 is 2.77 bits per heavy atom. The summed E-state index contributed by atoms with van der Waals surface area (Å²) in [6.07, 6.45) is 2.85. The number of benzene rings is 1. The number of imide groups is 1. The van der Waals surface area contributed by atoms with Gasteiger partial charge in [-0.1, -0.05) is 16.8 Å². The maximum absolute atomic E-state index is 12.5. The zero-order valence-electron chi connectivity index (χ0n) is 17.1. The Labute approximate surface area is 178 Å². The Hall–Kier alpha value is -3.88. The van der Waals surface area contributed by atoms with Gasteiger partial charge in [-0.05, 0) is 44.5 Å². The number of hydrogen-bond acceptors (Lipinski definition) is 8. The van der Waals surface area contributed by atoms with Crippen LogP contribution in [0.3, 0.4) is 0 Å². The van der Waals surface area contributed by atoms with E-state index in [9.17, 15) is 14.4 Å². The van der Waals surface area contributed by atoms with Gasteiger partial charge in [0.2, 0.25) is 5.82 Å². The molecule has 2 amide bonds. The molecule has 9 nitrogen and oxygen atoms in total. The summed E-state index contributed by atoms with van der Waals surface area (Å²) in [5, 5.41) is 3.87. The van der Waals surface area contributed by atoms with Gasteiger partial charge in [-0.2, -0.15) is 4.98 Å². The number of esters is 1. The number of pyridine rings is 1. The Morgan fingerprint density at radius 2 is 2.00 bits per heavy atom. The average molecular weight is 420 g/mol. The topological polar surface area (TPSA) is 115 Å². The maximum Gasteiger partial charge on any atom is 0.306 e. The smallest absolute Gasteiger partial charge is 0.306 e. The van der Waals surface area contributed by atoms with Crippen molar-refractivity contribution in [3.63, 3.8) is 0 Å². The lowest BCUT2D eigenvalue weighted by molar-refractivity contribution is -0.150. The Bertz CT molecular complexity index is 1140. The first kappa shape index (κ1) is 20.4. The first-order valence-electron chi connectivity index (χ1n) is 9.84. The van der Waals surface area contributed by atoms with E-state index in [1.165, 1.54) is 4.90 Å². The second-order valence-electron chi connectivity index (χ2n) is 7.24. The number of aromatic nitrogens is 3. The summed E-state index contributed by atoms with van der Waals surface area (Å²) in [7, 11) is 0. The van der Waals surface area contributed by atoms with Crippen molar-refractivity contribution in [2.45, 2.75) is 32.8 Å². The molecule has 9 heteroatoms. The van der Waals surface area contributed by atoms with Gasteiger partial charge in [0, 0.05) is 30.9 Å². The third-order valence-corrected chi connectivity index (χ3v) is 4.91. The number of hydrogen-bond donors (Lipinski definition) is 0. The van der Waals surface area contributed by atoms with Gasteiger partial charge in [0.15, 0.2) is 6.10 Å². The molecule has 1 aliphatic heterocycles. The third kappa shape index (κ3) is 4.20. The molecule has 0 N–H and O–H groups in total.